The highest BCUT2D eigenvalue weighted by atomic mass is 31.2. The van der Waals surface area contributed by atoms with E-state index in [9.17, 15) is 4.57 Å². The van der Waals surface area contributed by atoms with Crippen LogP contribution in [0.3, 0.4) is 0 Å². The van der Waals surface area contributed by atoms with E-state index in [0.717, 1.165) is 12.6 Å². The number of hydrogen-bond donors (Lipinski definition) is 0. The van der Waals surface area contributed by atoms with E-state index in [1.54, 1.807) is 0 Å². The summed E-state index contributed by atoms with van der Waals surface area (Å²) < 4.78 is 17.1. The monoisotopic (exact) mass is 162 g/mol. The smallest absolute Gasteiger partial charge is 0.208 e. The Bertz CT molecular complexity index is 159. The molecule has 0 aromatic carbocycles. The molecule has 3 heteroatoms. The van der Waals surface area contributed by atoms with Crippen LogP contribution in [0.15, 0.2) is 0 Å². The SMILES string of the molecule is CC(C)(C)P1(=O)CCCO1. The van der Waals surface area contributed by atoms with Crippen molar-refractivity contribution in [2.45, 2.75) is 32.3 Å². The van der Waals surface area contributed by atoms with Gasteiger partial charge >= 0.3 is 0 Å². The van der Waals surface area contributed by atoms with Crippen LogP contribution in [-0.2, 0) is 9.09 Å². The van der Waals surface area contributed by atoms with Crippen LogP contribution in [0.1, 0.15) is 27.2 Å². The third kappa shape index (κ3) is 1.28. The Kier molecular flexibility index (Phi) is 1.95. The maximum Gasteiger partial charge on any atom is 0.208 e. The molecule has 0 aromatic heterocycles. The Balaban J connectivity index is 2.78. The fourth-order valence-electron chi connectivity index (χ4n) is 1.08. The van der Waals surface area contributed by atoms with Crippen LogP contribution < -0.4 is 0 Å². The Morgan fingerprint density at radius 1 is 1.40 bits per heavy atom. The average Bonchev–Trinajstić information content (AvgIpc) is 2.13. The van der Waals surface area contributed by atoms with Crippen molar-refractivity contribution >= 4 is 7.37 Å². The second kappa shape index (κ2) is 2.35. The molecule has 0 radical (unpaired) electrons. The molecule has 0 saturated carbocycles. The van der Waals surface area contributed by atoms with E-state index in [1.165, 1.54) is 0 Å². The van der Waals surface area contributed by atoms with Crippen LogP contribution in [0.25, 0.3) is 0 Å². The molecule has 1 atom stereocenters. The van der Waals surface area contributed by atoms with Gasteiger partial charge in [-0.25, -0.2) is 0 Å². The third-order valence-electron chi connectivity index (χ3n) is 1.92. The highest BCUT2D eigenvalue weighted by Gasteiger charge is 2.40. The predicted octanol–water partition coefficient (Wildman–Crippen LogP) is 2.48. The van der Waals surface area contributed by atoms with Crippen molar-refractivity contribution < 1.29 is 9.09 Å². The molecule has 0 N–H and O–H groups in total. The topological polar surface area (TPSA) is 26.3 Å². The van der Waals surface area contributed by atoms with Gasteiger partial charge in [-0.1, -0.05) is 20.8 Å². The lowest BCUT2D eigenvalue weighted by atomic mass is 10.3. The third-order valence-corrected chi connectivity index (χ3v) is 5.47. The predicted molar refractivity (Wildman–Crippen MR) is 42.8 cm³/mol. The molecule has 1 heterocycles. The zero-order chi connectivity index (χ0) is 7.83. The van der Waals surface area contributed by atoms with Gasteiger partial charge in [-0.15, -0.1) is 0 Å². The average molecular weight is 162 g/mol. The van der Waals surface area contributed by atoms with Gasteiger partial charge in [0.2, 0.25) is 7.37 Å². The summed E-state index contributed by atoms with van der Waals surface area (Å²) in [6.07, 6.45) is 1.74. The first-order chi connectivity index (χ1) is 4.46. The second-order valence-electron chi connectivity index (χ2n) is 3.75. The summed E-state index contributed by atoms with van der Waals surface area (Å²) in [4.78, 5) is 0. The summed E-state index contributed by atoms with van der Waals surface area (Å²) in [7, 11) is -2.25. The molecule has 0 aliphatic carbocycles. The van der Waals surface area contributed by atoms with E-state index in [4.69, 9.17) is 4.52 Å². The zero-order valence-electron chi connectivity index (χ0n) is 6.89. The summed E-state index contributed by atoms with van der Waals surface area (Å²) >= 11 is 0. The van der Waals surface area contributed by atoms with Gasteiger partial charge in [0.25, 0.3) is 0 Å². The first kappa shape index (κ1) is 8.29. The van der Waals surface area contributed by atoms with Crippen molar-refractivity contribution in [3.8, 4) is 0 Å². The molecule has 2 nitrogen and oxygen atoms in total. The lowest BCUT2D eigenvalue weighted by Gasteiger charge is -2.25. The van der Waals surface area contributed by atoms with E-state index < -0.39 is 7.37 Å². The Morgan fingerprint density at radius 3 is 2.20 bits per heavy atom. The van der Waals surface area contributed by atoms with Crippen molar-refractivity contribution in [3.63, 3.8) is 0 Å². The number of rotatable bonds is 0. The minimum Gasteiger partial charge on any atom is -0.328 e. The molecule has 1 rings (SSSR count). The standard InChI is InChI=1S/C7H15O2P/c1-7(2,3)10(8)6-4-5-9-10/h4-6H2,1-3H3. The molecule has 1 fully saturated rings. The van der Waals surface area contributed by atoms with Gasteiger partial charge in [0.1, 0.15) is 0 Å². The molecular formula is C7H15O2P. The molecule has 0 aromatic rings. The molecule has 10 heavy (non-hydrogen) atoms. The fraction of sp³-hybridized carbons (Fsp3) is 1.00. The molecule has 0 amide bonds. The lowest BCUT2D eigenvalue weighted by molar-refractivity contribution is 0.335. The van der Waals surface area contributed by atoms with Crippen LogP contribution >= 0.6 is 7.37 Å². The largest absolute Gasteiger partial charge is 0.328 e. The van der Waals surface area contributed by atoms with E-state index in [0.29, 0.717) is 6.61 Å². The van der Waals surface area contributed by atoms with Crippen molar-refractivity contribution in [2.75, 3.05) is 12.8 Å². The Labute approximate surface area is 62.4 Å². The molecule has 1 aliphatic heterocycles. The second-order valence-corrected chi connectivity index (χ2v) is 7.15. The molecule has 1 aliphatic rings. The van der Waals surface area contributed by atoms with E-state index >= 15 is 0 Å². The fourth-order valence-corrected chi connectivity index (χ4v) is 3.23. The summed E-state index contributed by atoms with van der Waals surface area (Å²) in [5, 5.41) is -0.149. The summed E-state index contributed by atoms with van der Waals surface area (Å²) in [6.45, 7) is 6.64. The number of hydrogen-bond acceptors (Lipinski definition) is 2. The van der Waals surface area contributed by atoms with Gasteiger partial charge < -0.3 is 4.52 Å². The van der Waals surface area contributed by atoms with E-state index in [-0.39, 0.29) is 5.16 Å². The van der Waals surface area contributed by atoms with Gasteiger partial charge in [0, 0.05) is 11.3 Å². The minimum absolute atomic E-state index is 0.149. The Morgan fingerprint density at radius 2 is 2.00 bits per heavy atom. The maximum absolute atomic E-state index is 11.8. The summed E-state index contributed by atoms with van der Waals surface area (Å²) in [6, 6.07) is 0. The van der Waals surface area contributed by atoms with Crippen molar-refractivity contribution in [1.29, 1.82) is 0 Å². The quantitative estimate of drug-likeness (QED) is 0.511. The van der Waals surface area contributed by atoms with Crippen LogP contribution in [0.4, 0.5) is 0 Å². The van der Waals surface area contributed by atoms with Crippen LogP contribution in [0.2, 0.25) is 0 Å². The first-order valence-electron chi connectivity index (χ1n) is 3.69. The highest BCUT2D eigenvalue weighted by molar-refractivity contribution is 7.60. The van der Waals surface area contributed by atoms with Gasteiger partial charge in [-0.2, -0.15) is 0 Å². The van der Waals surface area contributed by atoms with Gasteiger partial charge in [-0.05, 0) is 6.42 Å². The molecular weight excluding hydrogens is 147 g/mol. The lowest BCUT2D eigenvalue weighted by Crippen LogP contribution is -2.15. The van der Waals surface area contributed by atoms with Crippen LogP contribution in [0, 0.1) is 0 Å². The molecule has 1 unspecified atom stereocenters. The van der Waals surface area contributed by atoms with Gasteiger partial charge in [-0.3, -0.25) is 4.57 Å². The van der Waals surface area contributed by atoms with E-state index in [1.807, 2.05) is 20.8 Å². The normalized spacial score (nSPS) is 34.7. The van der Waals surface area contributed by atoms with Crippen molar-refractivity contribution in [2.24, 2.45) is 0 Å². The summed E-state index contributed by atoms with van der Waals surface area (Å²) in [5.74, 6) is 0. The summed E-state index contributed by atoms with van der Waals surface area (Å²) in [5.41, 5.74) is 0. The van der Waals surface area contributed by atoms with Crippen molar-refractivity contribution in [1.82, 2.24) is 0 Å². The van der Waals surface area contributed by atoms with Gasteiger partial charge in [0.15, 0.2) is 0 Å². The van der Waals surface area contributed by atoms with Gasteiger partial charge in [0.05, 0.1) is 6.61 Å². The molecule has 0 bridgehead atoms. The van der Waals surface area contributed by atoms with Crippen molar-refractivity contribution in [3.05, 3.63) is 0 Å². The minimum atomic E-state index is -2.25. The van der Waals surface area contributed by atoms with Crippen LogP contribution in [0.5, 0.6) is 0 Å². The molecule has 0 spiro atoms. The van der Waals surface area contributed by atoms with E-state index in [2.05, 4.69) is 0 Å². The first-order valence-corrected chi connectivity index (χ1v) is 5.50. The molecule has 60 valence electrons. The maximum atomic E-state index is 11.8. The zero-order valence-corrected chi connectivity index (χ0v) is 7.78. The van der Waals surface area contributed by atoms with Crippen LogP contribution in [-0.4, -0.2) is 17.9 Å². The molecule has 1 saturated heterocycles. The Hall–Kier alpha value is 0.190. The highest BCUT2D eigenvalue weighted by Crippen LogP contribution is 2.61.